The number of hydrogen-bond donors (Lipinski definition) is 1. The number of nitrogens with zero attached hydrogens (tertiary/aromatic N) is 1. The van der Waals surface area contributed by atoms with Gasteiger partial charge >= 0.3 is 5.97 Å². The number of carboxylic acids is 1. The molecule has 21 heavy (non-hydrogen) atoms. The number of rotatable bonds is 6. The summed E-state index contributed by atoms with van der Waals surface area (Å²) in [5, 5.41) is 8.52. The van der Waals surface area contributed by atoms with E-state index in [9.17, 15) is 13.2 Å². The first-order valence-electron chi connectivity index (χ1n) is 7.12. The summed E-state index contributed by atoms with van der Waals surface area (Å²) in [5.41, 5.74) is 0.888. The monoisotopic (exact) mass is 311 g/mol. The van der Waals surface area contributed by atoms with Gasteiger partial charge in [0.05, 0.1) is 11.7 Å². The Kier molecular flexibility index (Phi) is 4.88. The van der Waals surface area contributed by atoms with E-state index in [0.717, 1.165) is 18.5 Å². The molecule has 0 bridgehead atoms. The van der Waals surface area contributed by atoms with Gasteiger partial charge in [-0.3, -0.25) is 4.79 Å². The third-order valence-corrected chi connectivity index (χ3v) is 5.67. The Bertz CT molecular complexity index is 585. The van der Waals surface area contributed by atoms with E-state index in [1.54, 1.807) is 0 Å². The number of hydrogen-bond acceptors (Lipinski definition) is 4. The van der Waals surface area contributed by atoms with E-state index in [0.29, 0.717) is 13.0 Å². The summed E-state index contributed by atoms with van der Waals surface area (Å²) in [5.74, 6) is -0.871. The Morgan fingerprint density at radius 3 is 2.52 bits per heavy atom. The van der Waals surface area contributed by atoms with Crippen LogP contribution in [0.4, 0.5) is 5.69 Å². The number of benzene rings is 1. The van der Waals surface area contributed by atoms with Gasteiger partial charge < -0.3 is 10.0 Å². The van der Waals surface area contributed by atoms with Crippen molar-refractivity contribution in [3.05, 3.63) is 30.3 Å². The summed E-state index contributed by atoms with van der Waals surface area (Å²) in [6.45, 7) is 0.329. The minimum Gasteiger partial charge on any atom is -0.481 e. The Balaban J connectivity index is 2.28. The van der Waals surface area contributed by atoms with E-state index in [4.69, 9.17) is 5.11 Å². The molecule has 2 atom stereocenters. The van der Waals surface area contributed by atoms with Gasteiger partial charge in [-0.25, -0.2) is 8.42 Å². The van der Waals surface area contributed by atoms with Crippen molar-refractivity contribution >= 4 is 21.5 Å². The van der Waals surface area contributed by atoms with Gasteiger partial charge in [-0.05, 0) is 31.4 Å². The average Bonchev–Trinajstić information content (AvgIpc) is 2.89. The maximum absolute atomic E-state index is 12.0. The first-order chi connectivity index (χ1) is 9.89. The smallest absolute Gasteiger partial charge is 0.305 e. The van der Waals surface area contributed by atoms with E-state index in [1.807, 2.05) is 35.2 Å². The topological polar surface area (TPSA) is 74.7 Å². The van der Waals surface area contributed by atoms with Crippen LogP contribution >= 0.6 is 0 Å². The lowest BCUT2D eigenvalue weighted by atomic mass is 10.1. The summed E-state index contributed by atoms with van der Waals surface area (Å²) in [7, 11) is -3.13. The molecule has 5 nitrogen and oxygen atoms in total. The van der Waals surface area contributed by atoms with Crippen molar-refractivity contribution in [2.45, 2.75) is 37.0 Å². The third-order valence-electron chi connectivity index (χ3n) is 4.02. The first kappa shape index (κ1) is 15.8. The standard InChI is InChI=1S/C15H21NO4S/c1-21(19,20)14-9-5-8-13(14)16(11-10-15(17)18)12-6-3-2-4-7-12/h2-4,6-7,13-14H,5,8-11H2,1H3,(H,17,18). The van der Waals surface area contributed by atoms with Crippen LogP contribution in [0.15, 0.2) is 30.3 Å². The molecular weight excluding hydrogens is 290 g/mol. The highest BCUT2D eigenvalue weighted by Crippen LogP contribution is 2.32. The summed E-state index contributed by atoms with van der Waals surface area (Å²) in [6, 6.07) is 9.32. The number of carboxylic acid groups (broad SMARTS) is 1. The van der Waals surface area contributed by atoms with Gasteiger partial charge in [-0.2, -0.15) is 0 Å². The van der Waals surface area contributed by atoms with Crippen molar-refractivity contribution < 1.29 is 18.3 Å². The van der Waals surface area contributed by atoms with Crippen molar-refractivity contribution in [2.75, 3.05) is 17.7 Å². The Morgan fingerprint density at radius 2 is 1.95 bits per heavy atom. The van der Waals surface area contributed by atoms with Crippen LogP contribution in [0.3, 0.4) is 0 Å². The van der Waals surface area contributed by atoms with Crippen molar-refractivity contribution in [1.29, 1.82) is 0 Å². The molecule has 2 unspecified atom stereocenters. The lowest BCUT2D eigenvalue weighted by Crippen LogP contribution is -2.44. The predicted octanol–water partition coefficient (Wildman–Crippen LogP) is 1.93. The van der Waals surface area contributed by atoms with E-state index in [1.165, 1.54) is 6.26 Å². The predicted molar refractivity (Wildman–Crippen MR) is 82.3 cm³/mol. The minimum atomic E-state index is -3.13. The van der Waals surface area contributed by atoms with E-state index in [2.05, 4.69) is 0 Å². The summed E-state index contributed by atoms with van der Waals surface area (Å²) in [4.78, 5) is 12.8. The summed E-state index contributed by atoms with van der Waals surface area (Å²) < 4.78 is 23.9. The molecule has 1 aliphatic carbocycles. The fourth-order valence-corrected chi connectivity index (χ4v) is 4.53. The van der Waals surface area contributed by atoms with Crippen molar-refractivity contribution in [1.82, 2.24) is 0 Å². The molecular formula is C15H21NO4S. The third kappa shape index (κ3) is 3.97. The molecule has 1 aromatic rings. The zero-order chi connectivity index (χ0) is 15.5. The zero-order valence-electron chi connectivity index (χ0n) is 12.1. The molecule has 2 rings (SSSR count). The summed E-state index contributed by atoms with van der Waals surface area (Å²) >= 11 is 0. The number of para-hydroxylation sites is 1. The molecule has 0 spiro atoms. The largest absolute Gasteiger partial charge is 0.481 e. The van der Waals surface area contributed by atoms with Gasteiger partial charge in [0.1, 0.15) is 0 Å². The molecule has 1 fully saturated rings. The van der Waals surface area contributed by atoms with Crippen LogP contribution in [0.25, 0.3) is 0 Å². The fourth-order valence-electron chi connectivity index (χ4n) is 3.08. The van der Waals surface area contributed by atoms with Gasteiger partial charge in [-0.1, -0.05) is 18.2 Å². The molecule has 0 heterocycles. The normalized spacial score (nSPS) is 22.1. The molecule has 0 aliphatic heterocycles. The molecule has 1 N–H and O–H groups in total. The fraction of sp³-hybridized carbons (Fsp3) is 0.533. The maximum Gasteiger partial charge on any atom is 0.305 e. The molecule has 0 amide bonds. The number of anilines is 1. The maximum atomic E-state index is 12.0. The van der Waals surface area contributed by atoms with Crippen LogP contribution in [0.2, 0.25) is 0 Å². The van der Waals surface area contributed by atoms with E-state index in [-0.39, 0.29) is 12.5 Å². The van der Waals surface area contributed by atoms with Crippen molar-refractivity contribution in [3.8, 4) is 0 Å². The second-order valence-corrected chi connectivity index (χ2v) is 7.80. The molecule has 0 radical (unpaired) electrons. The molecule has 0 saturated heterocycles. The quantitative estimate of drug-likeness (QED) is 0.869. The molecule has 6 heteroatoms. The summed E-state index contributed by atoms with van der Waals surface area (Å²) in [6.07, 6.45) is 3.57. The van der Waals surface area contributed by atoms with Crippen LogP contribution < -0.4 is 4.90 Å². The van der Waals surface area contributed by atoms with Crippen molar-refractivity contribution in [3.63, 3.8) is 0 Å². The highest BCUT2D eigenvalue weighted by atomic mass is 32.2. The Morgan fingerprint density at radius 1 is 1.29 bits per heavy atom. The second-order valence-electron chi connectivity index (χ2n) is 5.54. The highest BCUT2D eigenvalue weighted by Gasteiger charge is 2.38. The molecule has 0 aromatic heterocycles. The molecule has 1 aliphatic rings. The highest BCUT2D eigenvalue weighted by molar-refractivity contribution is 7.91. The minimum absolute atomic E-state index is 0.00186. The number of aliphatic carboxylic acids is 1. The first-order valence-corrected chi connectivity index (χ1v) is 9.07. The van der Waals surface area contributed by atoms with Crippen LogP contribution in [-0.2, 0) is 14.6 Å². The van der Waals surface area contributed by atoms with Gasteiger partial charge in [0.25, 0.3) is 0 Å². The van der Waals surface area contributed by atoms with Gasteiger partial charge in [0.2, 0.25) is 0 Å². The molecule has 116 valence electrons. The Labute approximate surface area is 125 Å². The molecule has 1 saturated carbocycles. The van der Waals surface area contributed by atoms with Crippen LogP contribution in [-0.4, -0.2) is 43.6 Å². The SMILES string of the molecule is CS(=O)(=O)C1CCCC1N(CCC(=O)O)c1ccccc1. The lowest BCUT2D eigenvalue weighted by Gasteiger charge is -2.34. The van der Waals surface area contributed by atoms with Crippen LogP contribution in [0.5, 0.6) is 0 Å². The number of sulfone groups is 1. The Hall–Kier alpha value is -1.56. The van der Waals surface area contributed by atoms with Gasteiger partial charge in [0.15, 0.2) is 9.84 Å². The zero-order valence-corrected chi connectivity index (χ0v) is 12.9. The van der Waals surface area contributed by atoms with Crippen LogP contribution in [0.1, 0.15) is 25.7 Å². The lowest BCUT2D eigenvalue weighted by molar-refractivity contribution is -0.136. The van der Waals surface area contributed by atoms with E-state index >= 15 is 0 Å². The van der Waals surface area contributed by atoms with Crippen LogP contribution in [0, 0.1) is 0 Å². The molecule has 1 aromatic carbocycles. The van der Waals surface area contributed by atoms with Gasteiger partial charge in [-0.15, -0.1) is 0 Å². The van der Waals surface area contributed by atoms with Gasteiger partial charge in [0, 0.05) is 24.5 Å². The van der Waals surface area contributed by atoms with Crippen molar-refractivity contribution in [2.24, 2.45) is 0 Å². The second kappa shape index (κ2) is 6.47. The average molecular weight is 311 g/mol. The van der Waals surface area contributed by atoms with E-state index < -0.39 is 21.1 Å². The number of carbonyl (C=O) groups is 1.